The monoisotopic (exact) mass is 325 g/mol. The van der Waals surface area contributed by atoms with Crippen molar-refractivity contribution in [3.63, 3.8) is 0 Å². The van der Waals surface area contributed by atoms with Crippen LogP contribution in [0.15, 0.2) is 22.9 Å². The lowest BCUT2D eigenvalue weighted by Gasteiger charge is -2.33. The van der Waals surface area contributed by atoms with E-state index in [2.05, 4.69) is 51.0 Å². The number of rotatable bonds is 5. The fraction of sp³-hybridized carbons (Fsp3) is 0.667. The Bertz CT molecular complexity index is 395. The summed E-state index contributed by atoms with van der Waals surface area (Å²) in [5, 5.41) is 3.56. The summed E-state index contributed by atoms with van der Waals surface area (Å²) >= 11 is 3.49. The third kappa shape index (κ3) is 5.21. The molecule has 3 nitrogen and oxygen atoms in total. The van der Waals surface area contributed by atoms with E-state index in [0.29, 0.717) is 6.04 Å². The fourth-order valence-corrected chi connectivity index (χ4v) is 3.08. The molecule has 0 aliphatic carbocycles. The molecule has 0 amide bonds. The zero-order chi connectivity index (χ0) is 13.7. The molecule has 19 heavy (non-hydrogen) atoms. The first-order valence-electron chi connectivity index (χ1n) is 7.18. The Hall–Kier alpha value is -0.450. The Morgan fingerprint density at radius 1 is 1.47 bits per heavy atom. The molecule has 1 aliphatic rings. The van der Waals surface area contributed by atoms with Gasteiger partial charge in [-0.3, -0.25) is 9.88 Å². The first kappa shape index (κ1) is 14.9. The van der Waals surface area contributed by atoms with E-state index in [0.717, 1.165) is 23.5 Å². The summed E-state index contributed by atoms with van der Waals surface area (Å²) in [5.41, 5.74) is 1.30. The van der Waals surface area contributed by atoms with Gasteiger partial charge < -0.3 is 5.32 Å². The van der Waals surface area contributed by atoms with Gasteiger partial charge >= 0.3 is 0 Å². The van der Waals surface area contributed by atoms with Crippen molar-refractivity contribution in [1.29, 1.82) is 0 Å². The highest BCUT2D eigenvalue weighted by molar-refractivity contribution is 9.10. The highest BCUT2D eigenvalue weighted by Crippen LogP contribution is 2.19. The second-order valence-electron chi connectivity index (χ2n) is 5.82. The summed E-state index contributed by atoms with van der Waals surface area (Å²) in [6.07, 6.45) is 6.48. The summed E-state index contributed by atoms with van der Waals surface area (Å²) in [4.78, 5) is 6.80. The van der Waals surface area contributed by atoms with Crippen LogP contribution in [-0.4, -0.2) is 35.6 Å². The lowest BCUT2D eigenvalue weighted by molar-refractivity contribution is 0.164. The summed E-state index contributed by atoms with van der Waals surface area (Å²) in [6.45, 7) is 9.01. The number of hydrogen-bond donors (Lipinski definition) is 1. The van der Waals surface area contributed by atoms with Gasteiger partial charge in [0.15, 0.2) is 0 Å². The molecule has 106 valence electrons. The van der Waals surface area contributed by atoms with Gasteiger partial charge in [-0.25, -0.2) is 0 Å². The van der Waals surface area contributed by atoms with Crippen molar-refractivity contribution in [2.24, 2.45) is 5.92 Å². The maximum Gasteiger partial charge on any atom is 0.0410 e. The molecule has 1 aliphatic heterocycles. The Labute approximate surface area is 124 Å². The molecule has 1 aromatic heterocycles. The summed E-state index contributed by atoms with van der Waals surface area (Å²) < 4.78 is 1.07. The summed E-state index contributed by atoms with van der Waals surface area (Å²) in [5.74, 6) is 0.788. The van der Waals surface area contributed by atoms with Crippen LogP contribution in [0.2, 0.25) is 0 Å². The summed E-state index contributed by atoms with van der Waals surface area (Å²) in [7, 11) is 0. The summed E-state index contributed by atoms with van der Waals surface area (Å²) in [6, 6.07) is 2.76. The molecule has 0 radical (unpaired) electrons. The lowest BCUT2D eigenvalue weighted by Crippen LogP contribution is -2.40. The number of nitrogens with one attached hydrogen (secondary N) is 1. The molecule has 1 saturated heterocycles. The normalized spacial score (nSPS) is 20.9. The molecule has 2 heterocycles. The van der Waals surface area contributed by atoms with Crippen molar-refractivity contribution in [3.8, 4) is 0 Å². The van der Waals surface area contributed by atoms with Gasteiger partial charge in [0.1, 0.15) is 0 Å². The number of aromatic nitrogens is 1. The number of halogens is 1. The third-order valence-corrected chi connectivity index (χ3v) is 4.02. The van der Waals surface area contributed by atoms with Gasteiger partial charge in [0.05, 0.1) is 0 Å². The number of piperidine rings is 1. The Kier molecular flexibility index (Phi) is 5.79. The average Bonchev–Trinajstić information content (AvgIpc) is 2.37. The topological polar surface area (TPSA) is 28.2 Å². The SMILES string of the molecule is CC(C)NCC1CCCN(Cc2cncc(Br)c2)C1. The minimum Gasteiger partial charge on any atom is -0.314 e. The Morgan fingerprint density at radius 3 is 3.05 bits per heavy atom. The van der Waals surface area contributed by atoms with Crippen LogP contribution in [0.3, 0.4) is 0 Å². The smallest absolute Gasteiger partial charge is 0.0410 e. The van der Waals surface area contributed by atoms with Gasteiger partial charge in [-0.1, -0.05) is 13.8 Å². The van der Waals surface area contributed by atoms with E-state index in [-0.39, 0.29) is 0 Å². The second kappa shape index (κ2) is 7.36. The van der Waals surface area contributed by atoms with Gasteiger partial charge in [-0.2, -0.15) is 0 Å². The predicted octanol–water partition coefficient (Wildman–Crippen LogP) is 3.05. The molecule has 0 spiro atoms. The van der Waals surface area contributed by atoms with Crippen LogP contribution in [0, 0.1) is 5.92 Å². The fourth-order valence-electron chi connectivity index (χ4n) is 2.66. The van der Waals surface area contributed by atoms with E-state index in [9.17, 15) is 0 Å². The van der Waals surface area contributed by atoms with E-state index in [1.54, 1.807) is 0 Å². The molecule has 1 aromatic rings. The van der Waals surface area contributed by atoms with Crippen LogP contribution in [0.25, 0.3) is 0 Å². The van der Waals surface area contributed by atoms with Crippen LogP contribution in [-0.2, 0) is 6.54 Å². The Morgan fingerprint density at radius 2 is 2.32 bits per heavy atom. The van der Waals surface area contributed by atoms with Gasteiger partial charge in [0.2, 0.25) is 0 Å². The van der Waals surface area contributed by atoms with Crippen molar-refractivity contribution in [3.05, 3.63) is 28.5 Å². The second-order valence-corrected chi connectivity index (χ2v) is 6.73. The van der Waals surface area contributed by atoms with Crippen LogP contribution >= 0.6 is 15.9 Å². The highest BCUT2D eigenvalue weighted by Gasteiger charge is 2.19. The third-order valence-electron chi connectivity index (χ3n) is 3.59. The molecule has 0 saturated carbocycles. The van der Waals surface area contributed by atoms with Crippen LogP contribution in [0.1, 0.15) is 32.3 Å². The quantitative estimate of drug-likeness (QED) is 0.901. The minimum absolute atomic E-state index is 0.588. The van der Waals surface area contributed by atoms with E-state index < -0.39 is 0 Å². The molecule has 2 rings (SSSR count). The first-order chi connectivity index (χ1) is 9.13. The van der Waals surface area contributed by atoms with E-state index in [4.69, 9.17) is 0 Å². The largest absolute Gasteiger partial charge is 0.314 e. The molecular formula is C15H24BrN3. The van der Waals surface area contributed by atoms with Crippen LogP contribution in [0.5, 0.6) is 0 Å². The lowest BCUT2D eigenvalue weighted by atomic mass is 9.97. The molecule has 1 unspecified atom stereocenters. The zero-order valence-electron chi connectivity index (χ0n) is 11.9. The highest BCUT2D eigenvalue weighted by atomic mass is 79.9. The molecule has 0 aromatic carbocycles. The van der Waals surface area contributed by atoms with Gasteiger partial charge in [-0.05, 0) is 59.4 Å². The van der Waals surface area contributed by atoms with Crippen molar-refractivity contribution < 1.29 is 0 Å². The molecule has 1 N–H and O–H groups in total. The van der Waals surface area contributed by atoms with E-state index >= 15 is 0 Å². The predicted molar refractivity (Wildman–Crippen MR) is 83.1 cm³/mol. The molecule has 4 heteroatoms. The average molecular weight is 326 g/mol. The van der Waals surface area contributed by atoms with Gasteiger partial charge in [-0.15, -0.1) is 0 Å². The van der Waals surface area contributed by atoms with Crippen molar-refractivity contribution >= 4 is 15.9 Å². The first-order valence-corrected chi connectivity index (χ1v) is 7.98. The van der Waals surface area contributed by atoms with E-state index in [1.807, 2.05) is 12.4 Å². The number of nitrogens with zero attached hydrogens (tertiary/aromatic N) is 2. The van der Waals surface area contributed by atoms with Crippen molar-refractivity contribution in [2.75, 3.05) is 19.6 Å². The maximum atomic E-state index is 4.24. The molecule has 1 fully saturated rings. The number of pyridine rings is 1. The molecular weight excluding hydrogens is 302 g/mol. The van der Waals surface area contributed by atoms with Crippen molar-refractivity contribution in [1.82, 2.24) is 15.2 Å². The maximum absolute atomic E-state index is 4.24. The molecule has 1 atom stereocenters. The number of hydrogen-bond acceptors (Lipinski definition) is 3. The van der Waals surface area contributed by atoms with Gasteiger partial charge in [0.25, 0.3) is 0 Å². The van der Waals surface area contributed by atoms with E-state index in [1.165, 1.54) is 31.5 Å². The standard InChI is InChI=1S/C15H24BrN3/c1-12(2)18-8-13-4-3-5-19(10-13)11-14-6-15(16)9-17-7-14/h6-7,9,12-13,18H,3-5,8,10-11H2,1-2H3. The minimum atomic E-state index is 0.588. The van der Waals surface area contributed by atoms with Crippen molar-refractivity contribution in [2.45, 2.75) is 39.3 Å². The van der Waals surface area contributed by atoms with Gasteiger partial charge in [0, 0.05) is 36.0 Å². The Balaban J connectivity index is 1.83. The zero-order valence-corrected chi connectivity index (χ0v) is 13.5. The number of likely N-dealkylation sites (tertiary alicyclic amines) is 1. The van der Waals surface area contributed by atoms with Crippen LogP contribution < -0.4 is 5.32 Å². The van der Waals surface area contributed by atoms with Crippen LogP contribution in [0.4, 0.5) is 0 Å². The molecule has 0 bridgehead atoms.